The number of aliphatic carboxylic acids is 1. The first-order valence-electron chi connectivity index (χ1n) is 32.1. The summed E-state index contributed by atoms with van der Waals surface area (Å²) in [5.41, 5.74) is 0. The minimum absolute atomic E-state index is 0.0420. The number of nitrogens with zero attached hydrogens (tertiary/aromatic N) is 6. The van der Waals surface area contributed by atoms with Gasteiger partial charge in [-0.2, -0.15) is 0 Å². The average molecular weight is 1280 g/mol. The Kier molecular flexibility index (Phi) is 35.0. The molecule has 516 valence electrons. The fraction of sp³-hybridized carbons (Fsp3) is 0.797. The fourth-order valence-corrected chi connectivity index (χ4v) is 10.9. The Morgan fingerprint density at radius 1 is 0.567 bits per heavy atom. The van der Waals surface area contributed by atoms with Gasteiger partial charge in [0.1, 0.15) is 60.5 Å². The van der Waals surface area contributed by atoms with Crippen molar-refractivity contribution < 1.29 is 72.5 Å². The van der Waals surface area contributed by atoms with Crippen molar-refractivity contribution in [2.24, 2.45) is 35.5 Å². The van der Waals surface area contributed by atoms with E-state index in [-0.39, 0.29) is 62.6 Å². The quantitative estimate of drug-likeness (QED) is 0.0344. The minimum Gasteiger partial charge on any atom is -0.480 e. The average Bonchev–Trinajstić information content (AvgIpc) is 0.861. The number of carboxylic acid groups (broad SMARTS) is 1. The van der Waals surface area contributed by atoms with Crippen LogP contribution in [-0.4, -0.2) is 239 Å². The summed E-state index contributed by atoms with van der Waals surface area (Å²) >= 11 is 0. The van der Waals surface area contributed by atoms with E-state index >= 15 is 0 Å². The lowest BCUT2D eigenvalue weighted by molar-refractivity contribution is -0.321. The number of hydrogen-bond acceptors (Lipinski definition) is 15. The standard InChI is InChI=1S/C64H115N11O15/c1-24-26-29-40(13)53-52(57(80)68-45(25-2)64(87)88)75(90-53)63(86)50(39(11)12)73(22)61(84)48(34-37(7)8)72(21)60(83)47(33-36(5)6)71(20)59(82)43(16)67-54(77)41(14)66-55(78)46(32-35(3)4)70(19)62(85)49(38(9)10)69-56(79)51(44(17)89-31-28-27-30-76)74(23)58(81)42(15)65-18/h24,26,35-53,65,76H,25,27-34H2,1-23H3,(H,66,78)(H,67,77)(H,68,80)(H,69,79)(H,87,88)/b26-24+/t40-,41+,42-,43-,44+,45+,46-,47+,48+,49+,50+,51+,52+,53-/m1/s1. The normalized spacial score (nSPS) is 18.2. The minimum atomic E-state index is -1.25. The van der Waals surface area contributed by atoms with Gasteiger partial charge in [-0.05, 0) is 122 Å². The van der Waals surface area contributed by atoms with Gasteiger partial charge in [-0.3, -0.25) is 52.8 Å². The highest BCUT2D eigenvalue weighted by Gasteiger charge is 2.54. The van der Waals surface area contributed by atoms with E-state index in [1.807, 2.05) is 67.5 Å². The monoisotopic (exact) mass is 1280 g/mol. The predicted octanol–water partition coefficient (Wildman–Crippen LogP) is 2.94. The van der Waals surface area contributed by atoms with Gasteiger partial charge in [0.15, 0.2) is 6.04 Å². The molecular weight excluding hydrogens is 1160 g/mol. The van der Waals surface area contributed by atoms with Gasteiger partial charge in [-0.1, -0.05) is 95.2 Å². The van der Waals surface area contributed by atoms with Crippen LogP contribution in [0, 0.1) is 35.5 Å². The second kappa shape index (κ2) is 38.6. The van der Waals surface area contributed by atoms with Crippen molar-refractivity contribution in [2.75, 3.05) is 55.5 Å². The lowest BCUT2D eigenvalue weighted by atomic mass is 9.90. The number of likely N-dealkylation sites (N-methyl/N-ethyl adjacent to an activating group) is 6. The topological polar surface area (TPSA) is 326 Å². The molecule has 1 saturated heterocycles. The Labute approximate surface area is 536 Å². The smallest absolute Gasteiger partial charge is 0.326 e. The molecule has 0 aromatic heterocycles. The fourth-order valence-electron chi connectivity index (χ4n) is 10.9. The second-order valence-corrected chi connectivity index (χ2v) is 26.3. The highest BCUT2D eigenvalue weighted by Crippen LogP contribution is 2.34. The summed E-state index contributed by atoms with van der Waals surface area (Å²) in [5, 5.41) is 33.6. The van der Waals surface area contributed by atoms with Gasteiger partial charge < -0.3 is 66.0 Å². The van der Waals surface area contributed by atoms with Crippen LogP contribution < -0.4 is 26.6 Å². The van der Waals surface area contributed by atoms with Crippen LogP contribution in [0.4, 0.5) is 0 Å². The third-order valence-corrected chi connectivity index (χ3v) is 16.6. The molecule has 0 aromatic rings. The van der Waals surface area contributed by atoms with Gasteiger partial charge in [0, 0.05) is 48.5 Å². The van der Waals surface area contributed by atoms with Crippen molar-refractivity contribution in [3.05, 3.63) is 12.2 Å². The predicted molar refractivity (Wildman–Crippen MR) is 342 cm³/mol. The number of aliphatic hydroxyl groups is 1. The number of amides is 10. The van der Waals surface area contributed by atoms with Gasteiger partial charge in [0.2, 0.25) is 53.2 Å². The van der Waals surface area contributed by atoms with Crippen LogP contribution in [0.15, 0.2) is 12.2 Å². The lowest BCUT2D eigenvalue weighted by Gasteiger charge is -2.50. The van der Waals surface area contributed by atoms with Crippen LogP contribution in [0.5, 0.6) is 0 Å². The molecule has 90 heavy (non-hydrogen) atoms. The van der Waals surface area contributed by atoms with Crippen molar-refractivity contribution >= 4 is 65.0 Å². The Morgan fingerprint density at radius 2 is 1.04 bits per heavy atom. The van der Waals surface area contributed by atoms with Crippen LogP contribution in [0.2, 0.25) is 0 Å². The summed E-state index contributed by atoms with van der Waals surface area (Å²) < 4.78 is 5.97. The molecule has 7 N–H and O–H groups in total. The number of carbonyl (C=O) groups excluding carboxylic acids is 10. The zero-order chi connectivity index (χ0) is 69.5. The summed E-state index contributed by atoms with van der Waals surface area (Å²) in [6.07, 6.45) is 4.13. The number of allylic oxidation sites excluding steroid dienone is 2. The van der Waals surface area contributed by atoms with E-state index < -0.39 is 156 Å². The Morgan fingerprint density at radius 3 is 1.51 bits per heavy atom. The number of ether oxygens (including phenoxy) is 1. The van der Waals surface area contributed by atoms with Crippen molar-refractivity contribution in [1.29, 1.82) is 0 Å². The van der Waals surface area contributed by atoms with E-state index in [0.29, 0.717) is 19.3 Å². The molecule has 1 aliphatic heterocycles. The first kappa shape index (κ1) is 81.8. The number of hydroxylamine groups is 2. The molecule has 0 unspecified atom stereocenters. The summed E-state index contributed by atoms with van der Waals surface area (Å²) in [4.78, 5) is 167. The summed E-state index contributed by atoms with van der Waals surface area (Å²) in [6, 6.07) is -12.6. The number of carbonyl (C=O) groups is 11. The second-order valence-electron chi connectivity index (χ2n) is 26.3. The molecular formula is C64H115N11O15. The van der Waals surface area contributed by atoms with Crippen molar-refractivity contribution in [3.63, 3.8) is 0 Å². The van der Waals surface area contributed by atoms with E-state index in [9.17, 15) is 63.0 Å². The summed E-state index contributed by atoms with van der Waals surface area (Å²) in [5.74, 6) is -9.40. The SMILES string of the molecule is C/C=C/C[C@@H](C)[C@H]1ON(C(=O)[C@H](C(C)C)N(C)C(=O)[C@H](CC(C)C)N(C)C(=O)[C@H](CC(C)C)N(C)C(=O)[C@@H](C)NC(=O)[C@H](C)NC(=O)[C@@H](CC(C)C)N(C)C(=O)[C@@H](NC(=O)[C@H]([C@H](C)OCCCCO)N(C)C(=O)[C@@H](C)NC)C(C)C)[C@@H]1C(=O)N[C@@H](CC)C(=O)O. The lowest BCUT2D eigenvalue weighted by Crippen LogP contribution is -2.71. The largest absolute Gasteiger partial charge is 0.480 e. The Hall–Kier alpha value is -6.25. The number of nitrogens with one attached hydrogen (secondary N) is 5. The molecule has 14 atom stereocenters. The third kappa shape index (κ3) is 23.1. The molecule has 1 fully saturated rings. The zero-order valence-electron chi connectivity index (χ0n) is 58.4. The van der Waals surface area contributed by atoms with Gasteiger partial charge >= 0.3 is 5.97 Å². The van der Waals surface area contributed by atoms with Crippen LogP contribution in [0.1, 0.15) is 163 Å². The molecule has 0 aromatic carbocycles. The first-order chi connectivity index (χ1) is 41.8. The third-order valence-electron chi connectivity index (χ3n) is 16.6. The highest BCUT2D eigenvalue weighted by molar-refractivity contribution is 5.99. The molecule has 1 heterocycles. The molecule has 0 bridgehead atoms. The number of aliphatic hydroxyl groups excluding tert-OH is 1. The van der Waals surface area contributed by atoms with Crippen LogP contribution >= 0.6 is 0 Å². The maximum atomic E-state index is 15.0. The van der Waals surface area contributed by atoms with E-state index in [2.05, 4.69) is 26.6 Å². The molecule has 1 rings (SSSR count). The van der Waals surface area contributed by atoms with E-state index in [1.165, 1.54) is 73.6 Å². The van der Waals surface area contributed by atoms with Crippen LogP contribution in [-0.2, 0) is 62.3 Å². The van der Waals surface area contributed by atoms with Crippen molar-refractivity contribution in [1.82, 2.24) is 56.1 Å². The number of carboxylic acids is 1. The number of hydrogen-bond donors (Lipinski definition) is 7. The molecule has 0 radical (unpaired) electrons. The van der Waals surface area contributed by atoms with E-state index in [4.69, 9.17) is 9.57 Å². The Balaban J connectivity index is 3.52. The van der Waals surface area contributed by atoms with E-state index in [0.717, 1.165) is 5.06 Å². The number of rotatable bonds is 39. The molecule has 1 aliphatic rings. The van der Waals surface area contributed by atoms with Gasteiger partial charge in [0.05, 0.1) is 12.1 Å². The van der Waals surface area contributed by atoms with Gasteiger partial charge in [-0.15, -0.1) is 0 Å². The molecule has 26 heteroatoms. The van der Waals surface area contributed by atoms with Crippen molar-refractivity contribution in [2.45, 2.75) is 241 Å². The molecule has 0 spiro atoms. The molecule has 0 aliphatic carbocycles. The van der Waals surface area contributed by atoms with Gasteiger partial charge in [-0.25, -0.2) is 9.86 Å². The first-order valence-corrected chi connectivity index (χ1v) is 32.1. The van der Waals surface area contributed by atoms with E-state index in [1.54, 1.807) is 55.5 Å². The number of unbranched alkanes of at least 4 members (excludes halogenated alkanes) is 1. The maximum absolute atomic E-state index is 15.0. The van der Waals surface area contributed by atoms with Crippen LogP contribution in [0.25, 0.3) is 0 Å². The van der Waals surface area contributed by atoms with Gasteiger partial charge in [0.25, 0.3) is 5.91 Å². The Bertz CT molecular complexity index is 2420. The highest BCUT2D eigenvalue weighted by atomic mass is 16.7. The summed E-state index contributed by atoms with van der Waals surface area (Å²) in [7, 11) is 8.84. The zero-order valence-corrected chi connectivity index (χ0v) is 58.4. The van der Waals surface area contributed by atoms with Crippen molar-refractivity contribution in [3.8, 4) is 0 Å². The molecule has 0 saturated carbocycles. The molecule has 10 amide bonds. The maximum Gasteiger partial charge on any atom is 0.326 e. The molecule has 26 nitrogen and oxygen atoms in total. The van der Waals surface area contributed by atoms with Crippen LogP contribution in [0.3, 0.4) is 0 Å². The summed E-state index contributed by atoms with van der Waals surface area (Å²) in [6.45, 7) is 29.7.